The van der Waals surface area contributed by atoms with Crippen molar-refractivity contribution >= 4 is 23.7 Å². The molecule has 0 aliphatic heterocycles. The lowest BCUT2D eigenvalue weighted by molar-refractivity contribution is 0.0950. The summed E-state index contributed by atoms with van der Waals surface area (Å²) in [6.07, 6.45) is 1.54. The number of nitrogens with zero attached hydrogens (tertiary/aromatic N) is 2. The fourth-order valence-electron chi connectivity index (χ4n) is 1.31. The third-order valence-electron chi connectivity index (χ3n) is 2.19. The molecule has 2 N–H and O–H groups in total. The quantitative estimate of drug-likeness (QED) is 0.657. The molecule has 2 rings (SSSR count). The zero-order valence-corrected chi connectivity index (χ0v) is 10.4. The van der Waals surface area contributed by atoms with E-state index in [9.17, 15) is 4.79 Å². The Hall–Kier alpha value is -2.14. The van der Waals surface area contributed by atoms with Gasteiger partial charge < -0.3 is 0 Å². The van der Waals surface area contributed by atoms with Gasteiger partial charge in [-0.3, -0.25) is 9.89 Å². The fourth-order valence-corrected chi connectivity index (χ4v) is 1.43. The molecular weight excluding hydrogens is 252 g/mol. The summed E-state index contributed by atoms with van der Waals surface area (Å²) in [6.45, 7) is 1.82. The average molecular weight is 263 g/mol. The number of hydrogen-bond donors (Lipinski definition) is 2. The van der Waals surface area contributed by atoms with Crippen LogP contribution in [0.3, 0.4) is 0 Å². The van der Waals surface area contributed by atoms with Crippen LogP contribution in [0.15, 0.2) is 35.4 Å². The van der Waals surface area contributed by atoms with E-state index in [1.807, 2.05) is 6.92 Å². The van der Waals surface area contributed by atoms with E-state index in [2.05, 4.69) is 20.7 Å². The van der Waals surface area contributed by atoms with Crippen molar-refractivity contribution in [3.8, 4) is 0 Å². The summed E-state index contributed by atoms with van der Waals surface area (Å²) in [7, 11) is 0. The molecule has 5 nitrogen and oxygen atoms in total. The summed E-state index contributed by atoms with van der Waals surface area (Å²) in [5, 5.41) is 11.0. The van der Waals surface area contributed by atoms with Crippen molar-refractivity contribution in [1.29, 1.82) is 0 Å². The third-order valence-corrected chi connectivity index (χ3v) is 2.44. The summed E-state index contributed by atoms with van der Waals surface area (Å²) < 4.78 is 0. The van der Waals surface area contributed by atoms with Crippen LogP contribution in [0, 0.1) is 6.92 Å². The Morgan fingerprint density at radius 1 is 1.44 bits per heavy atom. The number of aromatic nitrogens is 2. The van der Waals surface area contributed by atoms with Gasteiger partial charge >= 0.3 is 0 Å². The van der Waals surface area contributed by atoms with Crippen LogP contribution in [0.5, 0.6) is 0 Å². The maximum Gasteiger partial charge on any atom is 0.291 e. The van der Waals surface area contributed by atoms with E-state index in [1.165, 1.54) is 6.21 Å². The van der Waals surface area contributed by atoms with Crippen molar-refractivity contribution in [3.05, 3.63) is 52.3 Å². The summed E-state index contributed by atoms with van der Waals surface area (Å²) in [6, 6.07) is 8.75. The second kappa shape index (κ2) is 5.46. The molecule has 1 aromatic heterocycles. The Morgan fingerprint density at radius 3 is 2.78 bits per heavy atom. The molecule has 2 aromatic rings. The van der Waals surface area contributed by atoms with E-state index >= 15 is 0 Å². The minimum absolute atomic E-state index is 0.306. The van der Waals surface area contributed by atoms with Crippen molar-refractivity contribution in [2.45, 2.75) is 6.92 Å². The molecule has 0 fully saturated rings. The molecule has 6 heteroatoms. The van der Waals surface area contributed by atoms with Crippen molar-refractivity contribution < 1.29 is 4.79 Å². The van der Waals surface area contributed by atoms with Crippen LogP contribution in [0.4, 0.5) is 0 Å². The normalized spacial score (nSPS) is 10.8. The predicted molar refractivity (Wildman–Crippen MR) is 69.8 cm³/mol. The van der Waals surface area contributed by atoms with E-state index in [-0.39, 0.29) is 5.91 Å². The molecule has 1 amide bonds. The lowest BCUT2D eigenvalue weighted by Gasteiger charge is -1.95. The van der Waals surface area contributed by atoms with Crippen LogP contribution in [0.2, 0.25) is 5.02 Å². The van der Waals surface area contributed by atoms with E-state index in [0.29, 0.717) is 10.7 Å². The number of halogens is 1. The lowest BCUT2D eigenvalue weighted by atomic mass is 10.2. The van der Waals surface area contributed by atoms with Gasteiger partial charge in [-0.1, -0.05) is 23.7 Å². The molecule has 0 unspecified atom stereocenters. The minimum Gasteiger partial charge on any atom is -0.282 e. The second-order valence-electron chi connectivity index (χ2n) is 3.69. The number of carbonyl (C=O) groups is 1. The number of benzene rings is 1. The molecule has 0 atom stereocenters. The van der Waals surface area contributed by atoms with Gasteiger partial charge in [-0.15, -0.1) is 0 Å². The smallest absolute Gasteiger partial charge is 0.282 e. The van der Waals surface area contributed by atoms with Gasteiger partial charge in [0.05, 0.1) is 6.21 Å². The summed E-state index contributed by atoms with van der Waals surface area (Å²) in [5.41, 5.74) is 4.36. The van der Waals surface area contributed by atoms with Crippen molar-refractivity contribution in [2.24, 2.45) is 5.10 Å². The highest BCUT2D eigenvalue weighted by molar-refractivity contribution is 6.30. The number of aromatic amines is 1. The van der Waals surface area contributed by atoms with Crippen LogP contribution < -0.4 is 5.43 Å². The van der Waals surface area contributed by atoms with Crippen molar-refractivity contribution in [1.82, 2.24) is 15.6 Å². The Kier molecular flexibility index (Phi) is 3.74. The number of hydrogen-bond acceptors (Lipinski definition) is 3. The predicted octanol–water partition coefficient (Wildman–Crippen LogP) is 2.14. The average Bonchev–Trinajstić information content (AvgIpc) is 2.78. The summed E-state index contributed by atoms with van der Waals surface area (Å²) in [4.78, 5) is 11.6. The van der Waals surface area contributed by atoms with Gasteiger partial charge in [0.1, 0.15) is 0 Å². The third kappa shape index (κ3) is 3.18. The maximum atomic E-state index is 11.6. The minimum atomic E-state index is -0.357. The van der Waals surface area contributed by atoms with Gasteiger partial charge in [-0.05, 0) is 30.7 Å². The standard InChI is InChI=1S/C12H11ClN4O/c1-8-6-11(16-15-8)12(18)17-14-7-9-2-4-10(13)5-3-9/h2-7H,1H3,(H,15,16)(H,17,18)/b14-7+. The Morgan fingerprint density at radius 2 is 2.17 bits per heavy atom. The molecule has 0 aliphatic rings. The van der Waals surface area contributed by atoms with Gasteiger partial charge in [-0.2, -0.15) is 10.2 Å². The highest BCUT2D eigenvalue weighted by Gasteiger charge is 2.06. The molecule has 18 heavy (non-hydrogen) atoms. The largest absolute Gasteiger partial charge is 0.291 e. The monoisotopic (exact) mass is 262 g/mol. The van der Waals surface area contributed by atoms with E-state index in [0.717, 1.165) is 11.3 Å². The van der Waals surface area contributed by atoms with Gasteiger partial charge in [0.15, 0.2) is 5.69 Å². The first kappa shape index (κ1) is 12.3. The Balaban J connectivity index is 1.95. The zero-order chi connectivity index (χ0) is 13.0. The van der Waals surface area contributed by atoms with E-state index < -0.39 is 0 Å². The first-order valence-corrected chi connectivity index (χ1v) is 5.64. The molecule has 1 heterocycles. The number of carbonyl (C=O) groups excluding carboxylic acids is 1. The van der Waals surface area contributed by atoms with Crippen molar-refractivity contribution in [3.63, 3.8) is 0 Å². The fraction of sp³-hybridized carbons (Fsp3) is 0.0833. The molecule has 0 radical (unpaired) electrons. The second-order valence-corrected chi connectivity index (χ2v) is 4.12. The lowest BCUT2D eigenvalue weighted by Crippen LogP contribution is -2.17. The first-order chi connectivity index (χ1) is 8.65. The zero-order valence-electron chi connectivity index (χ0n) is 9.64. The van der Waals surface area contributed by atoms with E-state index in [1.54, 1.807) is 30.3 Å². The molecule has 0 spiro atoms. The SMILES string of the molecule is Cc1cc(C(=O)N/N=C/c2ccc(Cl)cc2)n[nH]1. The Labute approximate surface area is 109 Å². The highest BCUT2D eigenvalue weighted by Crippen LogP contribution is 2.07. The van der Waals surface area contributed by atoms with E-state index in [4.69, 9.17) is 11.6 Å². The molecule has 0 saturated carbocycles. The van der Waals surface area contributed by atoms with Crippen LogP contribution in [-0.4, -0.2) is 22.3 Å². The number of amides is 1. The van der Waals surface area contributed by atoms with Crippen molar-refractivity contribution in [2.75, 3.05) is 0 Å². The number of rotatable bonds is 3. The molecule has 0 bridgehead atoms. The number of aryl methyl sites for hydroxylation is 1. The number of H-pyrrole nitrogens is 1. The van der Waals surface area contributed by atoms with Gasteiger partial charge in [0, 0.05) is 10.7 Å². The summed E-state index contributed by atoms with van der Waals surface area (Å²) in [5.74, 6) is -0.357. The number of hydrazone groups is 1. The van der Waals surface area contributed by atoms with Gasteiger partial charge in [-0.25, -0.2) is 5.43 Å². The van der Waals surface area contributed by atoms with Gasteiger partial charge in [0.25, 0.3) is 5.91 Å². The van der Waals surface area contributed by atoms with Crippen LogP contribution >= 0.6 is 11.6 Å². The maximum absolute atomic E-state index is 11.6. The molecule has 0 aliphatic carbocycles. The van der Waals surface area contributed by atoms with Crippen LogP contribution in [-0.2, 0) is 0 Å². The Bertz CT molecular complexity index is 574. The highest BCUT2D eigenvalue weighted by atomic mass is 35.5. The number of nitrogens with one attached hydrogen (secondary N) is 2. The summed E-state index contributed by atoms with van der Waals surface area (Å²) >= 11 is 5.75. The first-order valence-electron chi connectivity index (χ1n) is 5.26. The topological polar surface area (TPSA) is 70.1 Å². The molecule has 0 saturated heterocycles. The van der Waals surface area contributed by atoms with Crippen LogP contribution in [0.1, 0.15) is 21.7 Å². The molecule has 92 valence electrons. The molecule has 1 aromatic carbocycles. The van der Waals surface area contributed by atoms with Crippen LogP contribution in [0.25, 0.3) is 0 Å². The molecular formula is C12H11ClN4O. The van der Waals surface area contributed by atoms with Gasteiger partial charge in [0.2, 0.25) is 0 Å².